The molecule has 1 aromatic heterocycles. The Kier molecular flexibility index (Phi) is 2.95. The normalized spacial score (nSPS) is 10.7. The highest BCUT2D eigenvalue weighted by Crippen LogP contribution is 2.30. The van der Waals surface area contributed by atoms with E-state index in [4.69, 9.17) is 9.52 Å². The van der Waals surface area contributed by atoms with E-state index in [2.05, 4.69) is 0 Å². The zero-order chi connectivity index (χ0) is 15.0. The van der Waals surface area contributed by atoms with Gasteiger partial charge in [0.15, 0.2) is 5.43 Å². The predicted octanol–water partition coefficient (Wildman–Crippen LogP) is 2.86. The van der Waals surface area contributed by atoms with Gasteiger partial charge in [0.25, 0.3) is 0 Å². The molecule has 0 saturated heterocycles. The second-order valence-corrected chi connectivity index (χ2v) is 4.51. The molecule has 104 valence electrons. The lowest BCUT2D eigenvalue weighted by molar-refractivity contribution is 0.0697. The largest absolute Gasteiger partial charge is 0.507 e. The van der Waals surface area contributed by atoms with E-state index in [1.165, 1.54) is 24.3 Å². The fraction of sp³-hybridized carbons (Fsp3) is 0. The van der Waals surface area contributed by atoms with Crippen molar-refractivity contribution in [2.75, 3.05) is 0 Å². The topological polar surface area (TPSA) is 87.7 Å². The lowest BCUT2D eigenvalue weighted by Gasteiger charge is -2.06. The minimum Gasteiger partial charge on any atom is -0.507 e. The highest BCUT2D eigenvalue weighted by Gasteiger charge is 2.13. The first-order chi connectivity index (χ1) is 10.1. The van der Waals surface area contributed by atoms with Gasteiger partial charge in [-0.25, -0.2) is 4.79 Å². The van der Waals surface area contributed by atoms with Crippen LogP contribution in [0, 0.1) is 0 Å². The molecular weight excluding hydrogens is 272 g/mol. The fourth-order valence-electron chi connectivity index (χ4n) is 2.10. The number of phenols is 1. The summed E-state index contributed by atoms with van der Waals surface area (Å²) < 4.78 is 5.59. The molecule has 1 heterocycles. The van der Waals surface area contributed by atoms with E-state index in [1.807, 2.05) is 0 Å². The summed E-state index contributed by atoms with van der Waals surface area (Å²) >= 11 is 0. The van der Waals surface area contributed by atoms with E-state index in [1.54, 1.807) is 24.3 Å². The van der Waals surface area contributed by atoms with Crippen LogP contribution in [0.1, 0.15) is 10.4 Å². The lowest BCUT2D eigenvalue weighted by atomic mass is 10.1. The highest BCUT2D eigenvalue weighted by molar-refractivity contribution is 5.90. The molecule has 0 saturated carbocycles. The number of rotatable bonds is 2. The Balaban J connectivity index is 2.28. The van der Waals surface area contributed by atoms with Crippen LogP contribution in [0.3, 0.4) is 0 Å². The number of carbonyl (C=O) groups is 1. The molecule has 3 rings (SSSR count). The number of phenolic OH excluding ortho intramolecular Hbond substituents is 1. The molecule has 0 aliphatic heterocycles. The van der Waals surface area contributed by atoms with Crippen LogP contribution in [-0.4, -0.2) is 16.2 Å². The van der Waals surface area contributed by atoms with E-state index in [0.717, 1.165) is 0 Å². The molecule has 0 fully saturated rings. The van der Waals surface area contributed by atoms with Crippen LogP contribution in [0.5, 0.6) is 5.75 Å². The van der Waals surface area contributed by atoms with Gasteiger partial charge in [-0.3, -0.25) is 4.79 Å². The van der Waals surface area contributed by atoms with Gasteiger partial charge >= 0.3 is 5.97 Å². The van der Waals surface area contributed by atoms with Crippen LogP contribution in [0.25, 0.3) is 22.3 Å². The van der Waals surface area contributed by atoms with Gasteiger partial charge in [-0.2, -0.15) is 0 Å². The molecule has 2 N–H and O–H groups in total. The van der Waals surface area contributed by atoms with Gasteiger partial charge in [-0.15, -0.1) is 0 Å². The molecule has 0 bridgehead atoms. The van der Waals surface area contributed by atoms with Gasteiger partial charge in [-0.05, 0) is 30.3 Å². The SMILES string of the molecule is O=C(O)c1ccc(O)c(-c2cc(=O)c3ccccc3o2)c1. The Morgan fingerprint density at radius 1 is 1.05 bits per heavy atom. The Morgan fingerprint density at radius 3 is 2.57 bits per heavy atom. The molecule has 0 aliphatic carbocycles. The number of aromatic hydroxyl groups is 1. The lowest BCUT2D eigenvalue weighted by Crippen LogP contribution is -2.01. The van der Waals surface area contributed by atoms with Crippen molar-refractivity contribution in [3.63, 3.8) is 0 Å². The zero-order valence-electron chi connectivity index (χ0n) is 10.7. The van der Waals surface area contributed by atoms with Crippen LogP contribution in [0.2, 0.25) is 0 Å². The van der Waals surface area contributed by atoms with Crippen molar-refractivity contribution in [3.05, 3.63) is 64.3 Å². The summed E-state index contributed by atoms with van der Waals surface area (Å²) in [5.74, 6) is -1.16. The maximum atomic E-state index is 12.0. The van der Waals surface area contributed by atoms with Crippen molar-refractivity contribution >= 4 is 16.9 Å². The van der Waals surface area contributed by atoms with Gasteiger partial charge in [-0.1, -0.05) is 12.1 Å². The molecule has 0 amide bonds. The molecule has 0 unspecified atom stereocenters. The summed E-state index contributed by atoms with van der Waals surface area (Å²) in [6.45, 7) is 0. The Morgan fingerprint density at radius 2 is 1.81 bits per heavy atom. The first kappa shape index (κ1) is 12.9. The summed E-state index contributed by atoms with van der Waals surface area (Å²) in [4.78, 5) is 23.0. The minimum absolute atomic E-state index is 0.00129. The average Bonchev–Trinajstić information content (AvgIpc) is 2.47. The van der Waals surface area contributed by atoms with E-state index < -0.39 is 5.97 Å². The third kappa shape index (κ3) is 2.25. The van der Waals surface area contributed by atoms with E-state index >= 15 is 0 Å². The molecule has 2 aromatic carbocycles. The van der Waals surface area contributed by atoms with E-state index in [-0.39, 0.29) is 28.1 Å². The second kappa shape index (κ2) is 4.79. The zero-order valence-corrected chi connectivity index (χ0v) is 10.7. The van der Waals surface area contributed by atoms with Crippen molar-refractivity contribution in [3.8, 4) is 17.1 Å². The van der Waals surface area contributed by atoms with Gasteiger partial charge in [0.05, 0.1) is 16.5 Å². The molecular formula is C16H10O5. The minimum atomic E-state index is -1.13. The molecule has 0 radical (unpaired) electrons. The van der Waals surface area contributed by atoms with Gasteiger partial charge < -0.3 is 14.6 Å². The smallest absolute Gasteiger partial charge is 0.335 e. The molecule has 0 spiro atoms. The maximum Gasteiger partial charge on any atom is 0.335 e. The summed E-state index contributed by atoms with van der Waals surface area (Å²) in [7, 11) is 0. The summed E-state index contributed by atoms with van der Waals surface area (Å²) in [5, 5.41) is 19.3. The van der Waals surface area contributed by atoms with Crippen molar-refractivity contribution in [1.29, 1.82) is 0 Å². The summed E-state index contributed by atoms with van der Waals surface area (Å²) in [6.07, 6.45) is 0. The van der Waals surface area contributed by atoms with Crippen LogP contribution in [0.15, 0.2) is 57.7 Å². The molecule has 3 aromatic rings. The first-order valence-electron chi connectivity index (χ1n) is 6.16. The highest BCUT2D eigenvalue weighted by atomic mass is 16.4. The van der Waals surface area contributed by atoms with Crippen molar-refractivity contribution in [1.82, 2.24) is 0 Å². The first-order valence-corrected chi connectivity index (χ1v) is 6.16. The van der Waals surface area contributed by atoms with Crippen molar-refractivity contribution < 1.29 is 19.4 Å². The van der Waals surface area contributed by atoms with Crippen LogP contribution >= 0.6 is 0 Å². The molecule has 5 heteroatoms. The number of hydrogen-bond acceptors (Lipinski definition) is 4. The Labute approximate surface area is 118 Å². The monoisotopic (exact) mass is 282 g/mol. The van der Waals surface area contributed by atoms with Crippen LogP contribution in [0.4, 0.5) is 0 Å². The number of aromatic carboxylic acids is 1. The van der Waals surface area contributed by atoms with Crippen molar-refractivity contribution in [2.45, 2.75) is 0 Å². The average molecular weight is 282 g/mol. The summed E-state index contributed by atoms with van der Waals surface area (Å²) in [6, 6.07) is 11.8. The molecule has 0 aliphatic rings. The van der Waals surface area contributed by atoms with E-state index in [9.17, 15) is 14.7 Å². The van der Waals surface area contributed by atoms with Gasteiger partial charge in [0.2, 0.25) is 0 Å². The third-order valence-corrected chi connectivity index (χ3v) is 3.14. The van der Waals surface area contributed by atoms with Crippen molar-refractivity contribution in [2.24, 2.45) is 0 Å². The van der Waals surface area contributed by atoms with Gasteiger partial charge in [0.1, 0.15) is 17.1 Å². The number of hydrogen-bond donors (Lipinski definition) is 2. The summed E-state index contributed by atoms with van der Waals surface area (Å²) in [5.41, 5.74) is 0.281. The maximum absolute atomic E-state index is 12.0. The predicted molar refractivity (Wildman–Crippen MR) is 76.5 cm³/mol. The number of para-hydroxylation sites is 1. The number of carboxylic acids is 1. The Hall–Kier alpha value is -3.08. The quantitative estimate of drug-likeness (QED) is 0.754. The standard InChI is InChI=1S/C16H10O5/c17-12-6-5-9(16(19)20)7-11(12)15-8-13(18)10-3-1-2-4-14(10)21-15/h1-8,17H,(H,19,20). The van der Waals surface area contributed by atoms with Crippen LogP contribution in [-0.2, 0) is 0 Å². The number of carboxylic acid groups (broad SMARTS) is 1. The molecule has 21 heavy (non-hydrogen) atoms. The molecule has 5 nitrogen and oxygen atoms in total. The van der Waals surface area contributed by atoms with Crippen LogP contribution < -0.4 is 5.43 Å². The van der Waals surface area contributed by atoms with E-state index in [0.29, 0.717) is 11.0 Å². The molecule has 0 atom stereocenters. The number of fused-ring (bicyclic) bond motifs is 1. The van der Waals surface area contributed by atoms with Gasteiger partial charge in [0, 0.05) is 6.07 Å². The second-order valence-electron chi connectivity index (χ2n) is 4.51. The Bertz CT molecular complexity index is 908. The number of benzene rings is 2. The fourth-order valence-corrected chi connectivity index (χ4v) is 2.10. The third-order valence-electron chi connectivity index (χ3n) is 3.14.